The van der Waals surface area contributed by atoms with E-state index in [1.54, 1.807) is 6.07 Å². The Balaban J connectivity index is 2.49. The fraction of sp³-hybridized carbons (Fsp3) is 0.143. The number of quaternary nitrogens is 1. The molecule has 0 aromatic heterocycles. The van der Waals surface area contributed by atoms with Gasteiger partial charge >= 0.3 is 0 Å². The van der Waals surface area contributed by atoms with Crippen LogP contribution in [0.5, 0.6) is 11.5 Å². The van der Waals surface area contributed by atoms with Gasteiger partial charge in [0.2, 0.25) is 6.79 Å². The van der Waals surface area contributed by atoms with Crippen LogP contribution in [0.3, 0.4) is 0 Å². The molecule has 1 aromatic rings. The number of nitrogens with one attached hydrogen (secondary N) is 1. The Hall–Kier alpha value is -0.570. The SMILES string of the molecule is [O-][NH+]([O-])c1cc2c(cc1I)OCO2. The first-order valence-corrected chi connectivity index (χ1v) is 4.57. The van der Waals surface area contributed by atoms with Crippen molar-refractivity contribution in [3.05, 3.63) is 26.1 Å². The number of ether oxygens (including phenoxy) is 2. The second-order valence-corrected chi connectivity index (χ2v) is 3.63. The van der Waals surface area contributed by atoms with Gasteiger partial charge in [-0.25, -0.2) is 0 Å². The first-order valence-electron chi connectivity index (χ1n) is 3.49. The molecule has 1 aliphatic rings. The van der Waals surface area contributed by atoms with Gasteiger partial charge in [0.05, 0.1) is 3.57 Å². The molecule has 13 heavy (non-hydrogen) atoms. The molecule has 0 saturated carbocycles. The second-order valence-electron chi connectivity index (χ2n) is 2.47. The third-order valence-corrected chi connectivity index (χ3v) is 2.57. The summed E-state index contributed by atoms with van der Waals surface area (Å²) in [6.07, 6.45) is 0. The van der Waals surface area contributed by atoms with Gasteiger partial charge in [-0.1, -0.05) is 0 Å². The van der Waals surface area contributed by atoms with E-state index >= 15 is 0 Å². The quantitative estimate of drug-likeness (QED) is 0.606. The lowest BCUT2D eigenvalue weighted by molar-refractivity contribution is -0.715. The normalized spacial score (nSPS) is 13.8. The van der Waals surface area contributed by atoms with E-state index in [0.29, 0.717) is 15.1 Å². The average Bonchev–Trinajstić information content (AvgIpc) is 2.48. The van der Waals surface area contributed by atoms with Crippen LogP contribution in [-0.2, 0) is 0 Å². The first-order chi connectivity index (χ1) is 6.18. The molecule has 1 N–H and O–H groups in total. The molecule has 0 amide bonds. The highest BCUT2D eigenvalue weighted by atomic mass is 127. The predicted molar refractivity (Wildman–Crippen MR) is 52.6 cm³/mol. The number of halogens is 1. The molecular weight excluding hydrogens is 289 g/mol. The number of hydrogen-bond donors (Lipinski definition) is 1. The molecular formula is C7H5INO4-. The Bertz CT molecular complexity index is 342. The summed E-state index contributed by atoms with van der Waals surface area (Å²) in [5.74, 6) is 1.04. The van der Waals surface area contributed by atoms with Crippen LogP contribution in [0.15, 0.2) is 12.1 Å². The maximum Gasteiger partial charge on any atom is 0.231 e. The fourth-order valence-corrected chi connectivity index (χ4v) is 1.73. The van der Waals surface area contributed by atoms with Crippen LogP contribution in [0.25, 0.3) is 0 Å². The monoisotopic (exact) mass is 294 g/mol. The molecule has 5 nitrogen and oxygen atoms in total. The molecule has 0 aliphatic carbocycles. The molecule has 1 aliphatic heterocycles. The van der Waals surface area contributed by atoms with Gasteiger partial charge in [0.1, 0.15) is 5.69 Å². The number of rotatable bonds is 1. The van der Waals surface area contributed by atoms with Crippen molar-refractivity contribution in [2.24, 2.45) is 0 Å². The van der Waals surface area contributed by atoms with Crippen molar-refractivity contribution >= 4 is 28.3 Å². The molecule has 1 heterocycles. The largest absolute Gasteiger partial charge is 0.628 e. The Kier molecular flexibility index (Phi) is 2.28. The molecule has 0 atom stereocenters. The summed E-state index contributed by atoms with van der Waals surface area (Å²) in [4.78, 5) is 0. The van der Waals surface area contributed by atoms with E-state index in [0.717, 1.165) is 0 Å². The minimum absolute atomic E-state index is 0.129. The van der Waals surface area contributed by atoms with Gasteiger partial charge in [-0.15, -0.1) is 0 Å². The minimum Gasteiger partial charge on any atom is -0.628 e. The number of fused-ring (bicyclic) bond motifs is 1. The zero-order valence-corrected chi connectivity index (χ0v) is 8.53. The molecule has 2 rings (SSSR count). The average molecular weight is 294 g/mol. The standard InChI is InChI=1S/C7H5INO4/c8-4-1-6-7(13-3-12-6)2-5(4)9(10)11/h1-2,9H,3H2/q-1. The minimum atomic E-state index is -1.21. The Morgan fingerprint density at radius 2 is 1.85 bits per heavy atom. The Morgan fingerprint density at radius 1 is 1.23 bits per heavy atom. The van der Waals surface area contributed by atoms with E-state index in [9.17, 15) is 10.4 Å². The lowest BCUT2D eigenvalue weighted by atomic mass is 10.3. The summed E-state index contributed by atoms with van der Waals surface area (Å²) in [7, 11) is 0. The third kappa shape index (κ3) is 1.57. The van der Waals surface area contributed by atoms with Gasteiger partial charge in [-0.2, -0.15) is 0 Å². The zero-order valence-electron chi connectivity index (χ0n) is 6.37. The van der Waals surface area contributed by atoms with Crippen molar-refractivity contribution in [3.8, 4) is 11.5 Å². The van der Waals surface area contributed by atoms with Gasteiger partial charge in [0.25, 0.3) is 0 Å². The summed E-state index contributed by atoms with van der Waals surface area (Å²) < 4.78 is 10.7. The summed E-state index contributed by atoms with van der Waals surface area (Å²) >= 11 is 1.91. The molecule has 0 fully saturated rings. The molecule has 0 saturated heterocycles. The van der Waals surface area contributed by atoms with E-state index in [2.05, 4.69) is 0 Å². The molecule has 0 radical (unpaired) electrons. The van der Waals surface area contributed by atoms with Crippen LogP contribution in [-0.4, -0.2) is 6.79 Å². The molecule has 1 aromatic carbocycles. The maximum absolute atomic E-state index is 10.6. The van der Waals surface area contributed by atoms with Gasteiger partial charge in [-0.05, 0) is 22.6 Å². The highest BCUT2D eigenvalue weighted by Crippen LogP contribution is 2.36. The van der Waals surface area contributed by atoms with E-state index in [-0.39, 0.29) is 12.5 Å². The van der Waals surface area contributed by atoms with Crippen LogP contribution in [0.2, 0.25) is 0 Å². The van der Waals surface area contributed by atoms with E-state index in [4.69, 9.17) is 9.47 Å². The second kappa shape index (κ2) is 3.29. The lowest BCUT2D eigenvalue weighted by Crippen LogP contribution is -2.96. The number of hydrogen-bond acceptors (Lipinski definition) is 4. The lowest BCUT2D eigenvalue weighted by Gasteiger charge is -2.25. The zero-order chi connectivity index (χ0) is 9.42. The maximum atomic E-state index is 10.6. The van der Waals surface area contributed by atoms with Crippen molar-refractivity contribution in [2.75, 3.05) is 6.79 Å². The van der Waals surface area contributed by atoms with Gasteiger partial charge < -0.3 is 25.1 Å². The van der Waals surface area contributed by atoms with E-state index in [1.807, 2.05) is 22.6 Å². The Morgan fingerprint density at radius 3 is 2.46 bits per heavy atom. The topological polar surface area (TPSA) is 69.0 Å². The van der Waals surface area contributed by atoms with Crippen molar-refractivity contribution < 1.29 is 14.7 Å². The van der Waals surface area contributed by atoms with Crippen LogP contribution in [0, 0.1) is 14.0 Å². The van der Waals surface area contributed by atoms with Gasteiger partial charge in [0.15, 0.2) is 11.5 Å². The van der Waals surface area contributed by atoms with Crippen LogP contribution >= 0.6 is 22.6 Å². The summed E-state index contributed by atoms with van der Waals surface area (Å²) in [5.41, 5.74) is 0.129. The van der Waals surface area contributed by atoms with Crippen molar-refractivity contribution in [1.82, 2.24) is 0 Å². The Labute approximate surface area is 87.5 Å². The van der Waals surface area contributed by atoms with Crippen LogP contribution in [0.4, 0.5) is 5.69 Å². The molecule has 0 spiro atoms. The van der Waals surface area contributed by atoms with E-state index in [1.165, 1.54) is 6.07 Å². The molecule has 70 valence electrons. The first kappa shape index (κ1) is 9.00. The molecule has 0 bridgehead atoms. The highest BCUT2D eigenvalue weighted by Gasteiger charge is 2.17. The van der Waals surface area contributed by atoms with Crippen LogP contribution < -0.4 is 14.7 Å². The number of benzene rings is 1. The van der Waals surface area contributed by atoms with E-state index < -0.39 is 5.23 Å². The molecule has 6 heteroatoms. The van der Waals surface area contributed by atoms with Gasteiger partial charge in [0, 0.05) is 12.1 Å². The summed E-state index contributed by atoms with van der Waals surface area (Å²) in [6.45, 7) is 0.141. The summed E-state index contributed by atoms with van der Waals surface area (Å²) in [5, 5.41) is 20.0. The van der Waals surface area contributed by atoms with Crippen molar-refractivity contribution in [2.45, 2.75) is 0 Å². The van der Waals surface area contributed by atoms with Crippen molar-refractivity contribution in [1.29, 1.82) is 0 Å². The van der Waals surface area contributed by atoms with Gasteiger partial charge in [-0.3, -0.25) is 0 Å². The highest BCUT2D eigenvalue weighted by molar-refractivity contribution is 14.1. The third-order valence-electron chi connectivity index (χ3n) is 1.68. The van der Waals surface area contributed by atoms with Crippen LogP contribution in [0.1, 0.15) is 0 Å². The molecule has 0 unspecified atom stereocenters. The van der Waals surface area contributed by atoms with Crippen molar-refractivity contribution in [3.63, 3.8) is 0 Å². The predicted octanol–water partition coefficient (Wildman–Crippen LogP) is 0.532. The fourth-order valence-electron chi connectivity index (χ4n) is 1.07. The summed E-state index contributed by atoms with van der Waals surface area (Å²) in [6, 6.07) is 3.04. The smallest absolute Gasteiger partial charge is 0.231 e.